The molecule has 2 atom stereocenters. The van der Waals surface area contributed by atoms with Crippen LogP contribution in [0, 0.1) is 5.92 Å². The molecule has 1 heterocycles. The quantitative estimate of drug-likeness (QED) is 0.789. The lowest BCUT2D eigenvalue weighted by molar-refractivity contribution is -0.129. The maximum atomic E-state index is 12.1. The van der Waals surface area contributed by atoms with Gasteiger partial charge in [0, 0.05) is 31.9 Å². The number of nitrogens with two attached hydrogens (primary N) is 1. The first-order valence-corrected chi connectivity index (χ1v) is 6.51. The van der Waals surface area contributed by atoms with Gasteiger partial charge in [0.25, 0.3) is 0 Å². The Labute approximate surface area is 103 Å². The fourth-order valence-electron chi connectivity index (χ4n) is 2.64. The van der Waals surface area contributed by atoms with Crippen LogP contribution in [0.3, 0.4) is 0 Å². The number of carbonyl (C=O) groups excluding carboxylic acids is 1. The molecule has 0 saturated carbocycles. The zero-order valence-corrected chi connectivity index (χ0v) is 10.9. The molecule has 2 N–H and O–H groups in total. The number of amides is 1. The zero-order chi connectivity index (χ0) is 12.4. The number of hydrogen-bond acceptors (Lipinski definition) is 3. The Morgan fingerprint density at radius 2 is 2.35 bits per heavy atom. The summed E-state index contributed by atoms with van der Waals surface area (Å²) in [6.07, 6.45) is 5.51. The average Bonchev–Trinajstić information content (AvgIpc) is 2.89. The predicted octanol–water partition coefficient (Wildman–Crippen LogP) is 0.792. The molecule has 4 heteroatoms. The molecule has 0 spiro atoms. The van der Waals surface area contributed by atoms with Gasteiger partial charge in [-0.2, -0.15) is 0 Å². The number of likely N-dealkylation sites (N-methyl/N-ethyl adjacent to an activating group) is 1. The Kier molecular flexibility index (Phi) is 3.84. The molecule has 0 bridgehead atoms. The van der Waals surface area contributed by atoms with Crippen molar-refractivity contribution in [1.29, 1.82) is 0 Å². The third kappa shape index (κ3) is 2.87. The molecule has 1 saturated heterocycles. The van der Waals surface area contributed by atoms with Gasteiger partial charge in [-0.25, -0.2) is 0 Å². The first-order chi connectivity index (χ1) is 8.08. The second kappa shape index (κ2) is 5.19. The van der Waals surface area contributed by atoms with Crippen LogP contribution in [0.1, 0.15) is 26.2 Å². The van der Waals surface area contributed by atoms with Gasteiger partial charge in [-0.05, 0) is 25.2 Å². The lowest BCUT2D eigenvalue weighted by Gasteiger charge is -2.22. The topological polar surface area (TPSA) is 49.6 Å². The normalized spacial score (nSPS) is 29.5. The van der Waals surface area contributed by atoms with Crippen molar-refractivity contribution in [3.8, 4) is 0 Å². The maximum absolute atomic E-state index is 12.1. The molecular weight excluding hydrogens is 214 g/mol. The second-order valence-electron chi connectivity index (χ2n) is 5.38. The van der Waals surface area contributed by atoms with E-state index in [9.17, 15) is 4.79 Å². The minimum atomic E-state index is 0.194. The van der Waals surface area contributed by atoms with E-state index in [2.05, 4.69) is 17.9 Å². The summed E-state index contributed by atoms with van der Waals surface area (Å²) in [5.41, 5.74) is 7.15. The van der Waals surface area contributed by atoms with E-state index >= 15 is 0 Å². The lowest BCUT2D eigenvalue weighted by atomic mass is 10.1. The standard InChI is InChI=1S/C13H23N3O/c1-10-7-16(8-12(10)14)9-13(17)15(2)11-5-3-4-6-11/h5,10,12H,3-4,6-9,14H2,1-2H3. The summed E-state index contributed by atoms with van der Waals surface area (Å²) < 4.78 is 0. The Morgan fingerprint density at radius 3 is 2.88 bits per heavy atom. The van der Waals surface area contributed by atoms with Crippen LogP contribution >= 0.6 is 0 Å². The van der Waals surface area contributed by atoms with E-state index in [0.29, 0.717) is 12.5 Å². The van der Waals surface area contributed by atoms with Gasteiger partial charge in [-0.1, -0.05) is 13.0 Å². The highest BCUT2D eigenvalue weighted by molar-refractivity contribution is 5.79. The molecule has 2 unspecified atom stereocenters. The third-order valence-corrected chi connectivity index (χ3v) is 3.93. The Morgan fingerprint density at radius 1 is 1.59 bits per heavy atom. The molecule has 1 aliphatic carbocycles. The van der Waals surface area contributed by atoms with Crippen LogP contribution in [0.15, 0.2) is 11.8 Å². The fourth-order valence-corrected chi connectivity index (χ4v) is 2.64. The van der Waals surface area contributed by atoms with Crippen molar-refractivity contribution >= 4 is 5.91 Å². The third-order valence-electron chi connectivity index (χ3n) is 3.93. The van der Waals surface area contributed by atoms with E-state index in [1.54, 1.807) is 0 Å². The molecule has 0 aromatic rings. The van der Waals surface area contributed by atoms with Crippen molar-refractivity contribution in [2.24, 2.45) is 11.7 Å². The molecule has 1 fully saturated rings. The molecule has 1 aliphatic heterocycles. The van der Waals surface area contributed by atoms with Gasteiger partial charge in [0.15, 0.2) is 0 Å². The summed E-state index contributed by atoms with van der Waals surface area (Å²) in [5.74, 6) is 0.693. The van der Waals surface area contributed by atoms with E-state index in [1.807, 2.05) is 11.9 Å². The van der Waals surface area contributed by atoms with Gasteiger partial charge in [0.1, 0.15) is 0 Å². The summed E-state index contributed by atoms with van der Waals surface area (Å²) in [6.45, 7) is 4.45. The summed E-state index contributed by atoms with van der Waals surface area (Å²) in [5, 5.41) is 0. The molecule has 17 heavy (non-hydrogen) atoms. The van der Waals surface area contributed by atoms with E-state index < -0.39 is 0 Å². The smallest absolute Gasteiger partial charge is 0.240 e. The summed E-state index contributed by atoms with van der Waals surface area (Å²) >= 11 is 0. The monoisotopic (exact) mass is 237 g/mol. The first kappa shape index (κ1) is 12.6. The van der Waals surface area contributed by atoms with Crippen LogP contribution in [0.25, 0.3) is 0 Å². The molecule has 1 amide bonds. The number of likely N-dealkylation sites (tertiary alicyclic amines) is 1. The summed E-state index contributed by atoms with van der Waals surface area (Å²) in [4.78, 5) is 16.1. The van der Waals surface area contributed by atoms with Gasteiger partial charge in [-0.3, -0.25) is 9.69 Å². The van der Waals surface area contributed by atoms with Crippen LogP contribution in [-0.2, 0) is 4.79 Å². The summed E-state index contributed by atoms with van der Waals surface area (Å²) in [6, 6.07) is 0.221. The molecule has 4 nitrogen and oxygen atoms in total. The van der Waals surface area contributed by atoms with Crippen molar-refractivity contribution in [2.45, 2.75) is 32.2 Å². The van der Waals surface area contributed by atoms with Gasteiger partial charge < -0.3 is 10.6 Å². The largest absolute Gasteiger partial charge is 0.326 e. The zero-order valence-electron chi connectivity index (χ0n) is 10.9. The molecule has 0 aromatic heterocycles. The van der Waals surface area contributed by atoms with E-state index in [0.717, 1.165) is 25.9 Å². The number of hydrogen-bond donors (Lipinski definition) is 1. The fraction of sp³-hybridized carbons (Fsp3) is 0.769. The Bertz CT molecular complexity index is 317. The van der Waals surface area contributed by atoms with Crippen molar-refractivity contribution < 1.29 is 4.79 Å². The lowest BCUT2D eigenvalue weighted by Crippen LogP contribution is -2.37. The van der Waals surface area contributed by atoms with Crippen molar-refractivity contribution in [3.05, 3.63) is 11.8 Å². The average molecular weight is 237 g/mol. The van der Waals surface area contributed by atoms with Crippen molar-refractivity contribution in [2.75, 3.05) is 26.7 Å². The van der Waals surface area contributed by atoms with E-state index in [4.69, 9.17) is 5.73 Å². The maximum Gasteiger partial charge on any atom is 0.240 e. The SMILES string of the molecule is CC1CN(CC(=O)N(C)C2=CCCC2)CC1N. The van der Waals surface area contributed by atoms with E-state index in [-0.39, 0.29) is 11.9 Å². The second-order valence-corrected chi connectivity index (χ2v) is 5.38. The van der Waals surface area contributed by atoms with Crippen LogP contribution in [0.5, 0.6) is 0 Å². The molecule has 0 aromatic carbocycles. The highest BCUT2D eigenvalue weighted by atomic mass is 16.2. The van der Waals surface area contributed by atoms with Crippen LogP contribution in [0.4, 0.5) is 0 Å². The number of nitrogens with zero attached hydrogens (tertiary/aromatic N) is 2. The minimum absolute atomic E-state index is 0.194. The molecule has 2 aliphatic rings. The number of allylic oxidation sites excluding steroid dienone is 2. The van der Waals surface area contributed by atoms with Gasteiger partial charge in [-0.15, -0.1) is 0 Å². The molecular formula is C13H23N3O. The summed E-state index contributed by atoms with van der Waals surface area (Å²) in [7, 11) is 1.89. The van der Waals surface area contributed by atoms with Crippen LogP contribution < -0.4 is 5.73 Å². The molecule has 0 radical (unpaired) electrons. The van der Waals surface area contributed by atoms with Gasteiger partial charge in [0.05, 0.1) is 6.54 Å². The van der Waals surface area contributed by atoms with Crippen LogP contribution in [-0.4, -0.2) is 48.4 Å². The number of carbonyl (C=O) groups is 1. The van der Waals surface area contributed by atoms with Crippen molar-refractivity contribution in [3.63, 3.8) is 0 Å². The Hall–Kier alpha value is -0.870. The number of rotatable bonds is 3. The highest BCUT2D eigenvalue weighted by Gasteiger charge is 2.28. The van der Waals surface area contributed by atoms with Gasteiger partial charge >= 0.3 is 0 Å². The highest BCUT2D eigenvalue weighted by Crippen LogP contribution is 2.21. The Balaban J connectivity index is 1.85. The minimum Gasteiger partial charge on any atom is -0.326 e. The predicted molar refractivity (Wildman–Crippen MR) is 68.3 cm³/mol. The molecule has 2 rings (SSSR count). The first-order valence-electron chi connectivity index (χ1n) is 6.51. The van der Waals surface area contributed by atoms with Crippen molar-refractivity contribution in [1.82, 2.24) is 9.80 Å². The van der Waals surface area contributed by atoms with E-state index in [1.165, 1.54) is 12.1 Å². The van der Waals surface area contributed by atoms with Gasteiger partial charge in [0.2, 0.25) is 5.91 Å². The van der Waals surface area contributed by atoms with Crippen LogP contribution in [0.2, 0.25) is 0 Å². The molecule has 96 valence electrons.